The first-order valence-corrected chi connectivity index (χ1v) is 4.90. The molecule has 4 N–H and O–H groups in total. The van der Waals surface area contributed by atoms with Crippen molar-refractivity contribution in [1.29, 1.82) is 0 Å². The summed E-state index contributed by atoms with van der Waals surface area (Å²) < 4.78 is 10.5. The van der Waals surface area contributed by atoms with E-state index in [0.717, 1.165) is 6.66 Å². The standard InChI is InChI=1S/C4H10NO4P/c1-10(8,9)2-3(5)4(6)7/h3H,2,5H2,1H3,(H,6,7)(H,8,9). The number of rotatable bonds is 3. The zero-order chi connectivity index (χ0) is 8.36. The van der Waals surface area contributed by atoms with Gasteiger partial charge in [-0.2, -0.15) is 0 Å². The smallest absolute Gasteiger partial charge is 0.321 e. The van der Waals surface area contributed by atoms with E-state index < -0.39 is 19.4 Å². The summed E-state index contributed by atoms with van der Waals surface area (Å²) in [5.41, 5.74) is 4.97. The number of carbonyl (C=O) groups is 1. The van der Waals surface area contributed by atoms with E-state index in [-0.39, 0.29) is 6.16 Å². The Balaban J connectivity index is 3.93. The lowest BCUT2D eigenvalue weighted by Gasteiger charge is -2.07. The molecule has 10 heavy (non-hydrogen) atoms. The fraction of sp³-hybridized carbons (Fsp3) is 0.750. The van der Waals surface area contributed by atoms with Gasteiger partial charge in [0, 0.05) is 6.66 Å². The molecule has 0 aromatic carbocycles. The number of nitrogens with two attached hydrogens (primary N) is 1. The Morgan fingerprint density at radius 3 is 2.30 bits per heavy atom. The highest BCUT2D eigenvalue weighted by Gasteiger charge is 2.20. The third kappa shape index (κ3) is 4.49. The van der Waals surface area contributed by atoms with E-state index in [1.165, 1.54) is 0 Å². The van der Waals surface area contributed by atoms with Gasteiger partial charge in [-0.3, -0.25) is 9.36 Å². The molecule has 0 bridgehead atoms. The lowest BCUT2D eigenvalue weighted by Crippen LogP contribution is -2.33. The van der Waals surface area contributed by atoms with Crippen molar-refractivity contribution >= 4 is 13.3 Å². The van der Waals surface area contributed by atoms with Crippen molar-refractivity contribution in [1.82, 2.24) is 0 Å². The van der Waals surface area contributed by atoms with Crippen LogP contribution < -0.4 is 5.73 Å². The molecule has 2 unspecified atom stereocenters. The third-order valence-electron chi connectivity index (χ3n) is 0.853. The van der Waals surface area contributed by atoms with Gasteiger partial charge in [0.2, 0.25) is 0 Å². The van der Waals surface area contributed by atoms with Crippen LogP contribution in [0, 0.1) is 0 Å². The summed E-state index contributed by atoms with van der Waals surface area (Å²) in [4.78, 5) is 18.7. The molecule has 0 aromatic rings. The van der Waals surface area contributed by atoms with Crippen LogP contribution in [-0.2, 0) is 9.36 Å². The lowest BCUT2D eigenvalue weighted by atomic mass is 10.4. The number of carboxylic acids is 1. The highest BCUT2D eigenvalue weighted by atomic mass is 31.2. The Hall–Kier alpha value is -0.380. The summed E-state index contributed by atoms with van der Waals surface area (Å²) in [5, 5.41) is 8.19. The van der Waals surface area contributed by atoms with Crippen LogP contribution in [0.3, 0.4) is 0 Å². The van der Waals surface area contributed by atoms with Crippen LogP contribution in [0.15, 0.2) is 0 Å². The van der Waals surface area contributed by atoms with Crippen molar-refractivity contribution in [2.24, 2.45) is 5.73 Å². The van der Waals surface area contributed by atoms with Gasteiger partial charge < -0.3 is 15.7 Å². The third-order valence-corrected chi connectivity index (χ3v) is 1.92. The van der Waals surface area contributed by atoms with Crippen LogP contribution in [0.2, 0.25) is 0 Å². The molecule has 0 fully saturated rings. The van der Waals surface area contributed by atoms with Gasteiger partial charge in [-0.15, -0.1) is 0 Å². The van der Waals surface area contributed by atoms with Gasteiger partial charge in [-0.1, -0.05) is 0 Å². The van der Waals surface area contributed by atoms with Crippen molar-refractivity contribution in [3.63, 3.8) is 0 Å². The minimum atomic E-state index is -3.28. The SMILES string of the molecule is CP(=O)(O)CC(N)C(=O)O. The normalized spacial score (nSPS) is 19.5. The molecule has 0 aliphatic heterocycles. The molecule has 0 radical (unpaired) electrons. The first-order chi connectivity index (χ1) is 4.33. The fourth-order valence-corrected chi connectivity index (χ4v) is 1.33. The number of hydrogen-bond donors (Lipinski definition) is 3. The number of carboxylic acid groups (broad SMARTS) is 1. The highest BCUT2D eigenvalue weighted by Crippen LogP contribution is 2.35. The molecule has 60 valence electrons. The summed E-state index contributed by atoms with van der Waals surface area (Å²) in [6.45, 7) is 1.08. The van der Waals surface area contributed by atoms with Gasteiger partial charge in [-0.05, 0) is 0 Å². The van der Waals surface area contributed by atoms with Gasteiger partial charge in [-0.25, -0.2) is 0 Å². The van der Waals surface area contributed by atoms with Crippen molar-refractivity contribution in [3.05, 3.63) is 0 Å². The first-order valence-electron chi connectivity index (χ1n) is 2.60. The Bertz CT molecular complexity index is 174. The summed E-state index contributed by atoms with van der Waals surface area (Å²) in [6.07, 6.45) is -0.373. The minimum absolute atomic E-state index is 0.373. The quantitative estimate of drug-likeness (QED) is 0.482. The first kappa shape index (κ1) is 9.62. The Kier molecular flexibility index (Phi) is 3.02. The maximum absolute atomic E-state index is 10.5. The molecule has 0 saturated heterocycles. The molecule has 0 saturated carbocycles. The van der Waals surface area contributed by atoms with Crippen LogP contribution in [-0.4, -0.2) is 34.8 Å². The van der Waals surface area contributed by atoms with Crippen molar-refractivity contribution in [2.75, 3.05) is 12.8 Å². The maximum Gasteiger partial charge on any atom is 0.321 e. The molecule has 0 aromatic heterocycles. The van der Waals surface area contributed by atoms with Crippen LogP contribution >= 0.6 is 7.37 Å². The van der Waals surface area contributed by atoms with Crippen molar-refractivity contribution in [2.45, 2.75) is 6.04 Å². The molecule has 0 rings (SSSR count). The van der Waals surface area contributed by atoms with Gasteiger partial charge >= 0.3 is 5.97 Å². The van der Waals surface area contributed by atoms with E-state index in [4.69, 9.17) is 15.7 Å². The topological polar surface area (TPSA) is 101 Å². The largest absolute Gasteiger partial charge is 0.480 e. The molecule has 0 spiro atoms. The van der Waals surface area contributed by atoms with Crippen molar-refractivity contribution in [3.8, 4) is 0 Å². The van der Waals surface area contributed by atoms with Gasteiger partial charge in [0.05, 0.1) is 6.16 Å². The van der Waals surface area contributed by atoms with E-state index in [2.05, 4.69) is 0 Å². The zero-order valence-electron chi connectivity index (χ0n) is 5.52. The van der Waals surface area contributed by atoms with E-state index in [1.54, 1.807) is 0 Å². The molecule has 2 atom stereocenters. The van der Waals surface area contributed by atoms with Crippen LogP contribution in [0.5, 0.6) is 0 Å². The number of aliphatic carboxylic acids is 1. The molecule has 5 nitrogen and oxygen atoms in total. The van der Waals surface area contributed by atoms with Crippen LogP contribution in [0.1, 0.15) is 0 Å². The van der Waals surface area contributed by atoms with E-state index in [1.807, 2.05) is 0 Å². The van der Waals surface area contributed by atoms with Gasteiger partial charge in [0.25, 0.3) is 0 Å². The molecule has 0 aliphatic rings. The second-order valence-electron chi connectivity index (χ2n) is 2.18. The zero-order valence-corrected chi connectivity index (χ0v) is 6.41. The lowest BCUT2D eigenvalue weighted by molar-refractivity contribution is -0.138. The Labute approximate surface area is 58.3 Å². The molecule has 0 amide bonds. The van der Waals surface area contributed by atoms with Crippen LogP contribution in [0.25, 0.3) is 0 Å². The minimum Gasteiger partial charge on any atom is -0.480 e. The maximum atomic E-state index is 10.5. The predicted molar refractivity (Wildman–Crippen MR) is 36.2 cm³/mol. The second-order valence-corrected chi connectivity index (χ2v) is 4.65. The summed E-state index contributed by atoms with van der Waals surface area (Å²) in [5.74, 6) is -1.25. The Morgan fingerprint density at radius 1 is 1.80 bits per heavy atom. The molecule has 0 aliphatic carbocycles. The molecule has 6 heteroatoms. The van der Waals surface area contributed by atoms with Gasteiger partial charge in [0.1, 0.15) is 6.04 Å². The van der Waals surface area contributed by atoms with Crippen molar-refractivity contribution < 1.29 is 19.4 Å². The summed E-state index contributed by atoms with van der Waals surface area (Å²) >= 11 is 0. The summed E-state index contributed by atoms with van der Waals surface area (Å²) in [7, 11) is -3.28. The highest BCUT2D eigenvalue weighted by molar-refractivity contribution is 7.57. The summed E-state index contributed by atoms with van der Waals surface area (Å²) in [6, 6.07) is -1.24. The van der Waals surface area contributed by atoms with E-state index in [9.17, 15) is 9.36 Å². The van der Waals surface area contributed by atoms with Gasteiger partial charge in [0.15, 0.2) is 7.37 Å². The Morgan fingerprint density at radius 2 is 2.20 bits per heavy atom. The monoisotopic (exact) mass is 167 g/mol. The van der Waals surface area contributed by atoms with E-state index >= 15 is 0 Å². The average molecular weight is 167 g/mol. The predicted octanol–water partition coefficient (Wildman–Crippen LogP) is -0.702. The average Bonchev–Trinajstić information content (AvgIpc) is 1.60. The van der Waals surface area contributed by atoms with E-state index in [0.29, 0.717) is 0 Å². The second kappa shape index (κ2) is 3.14. The number of hydrogen-bond acceptors (Lipinski definition) is 3. The molecule has 0 heterocycles. The molecular weight excluding hydrogens is 157 g/mol. The molecular formula is C4H10NO4P. The fourth-order valence-electron chi connectivity index (χ4n) is 0.443. The van der Waals surface area contributed by atoms with Crippen LogP contribution in [0.4, 0.5) is 0 Å².